The van der Waals surface area contributed by atoms with Gasteiger partial charge in [0.25, 0.3) is 0 Å². The lowest BCUT2D eigenvalue weighted by atomic mass is 10.1. The highest BCUT2D eigenvalue weighted by Gasteiger charge is 2.24. The number of nitrogens with zero attached hydrogens (tertiary/aromatic N) is 4. The van der Waals surface area contributed by atoms with Gasteiger partial charge in [0.05, 0.1) is 5.56 Å². The van der Waals surface area contributed by atoms with Gasteiger partial charge in [0, 0.05) is 51.1 Å². The van der Waals surface area contributed by atoms with Crippen LogP contribution in [-0.2, 0) is 4.79 Å². The van der Waals surface area contributed by atoms with Gasteiger partial charge < -0.3 is 15.5 Å². The number of hydrogen-bond donors (Lipinski definition) is 1. The summed E-state index contributed by atoms with van der Waals surface area (Å²) in [5.74, 6) is 0.669. The lowest BCUT2D eigenvalue weighted by Gasteiger charge is -2.35. The summed E-state index contributed by atoms with van der Waals surface area (Å²) in [6, 6.07) is 3.88. The largest absolute Gasteiger partial charge is 0.382 e. The summed E-state index contributed by atoms with van der Waals surface area (Å²) in [5.41, 5.74) is 7.96. The Morgan fingerprint density at radius 1 is 1.33 bits per heavy atom. The average molecular weight is 303 g/mol. The minimum atomic E-state index is 0.131. The molecule has 1 fully saturated rings. The normalized spacial score (nSPS) is 15.3. The minimum absolute atomic E-state index is 0.131. The Bertz CT molecular complexity index is 634. The maximum Gasteiger partial charge on any atom is 0.219 e. The Kier molecular flexibility index (Phi) is 3.74. The molecule has 1 aliphatic heterocycles. The second-order valence-corrected chi connectivity index (χ2v) is 5.73. The maximum absolute atomic E-state index is 11.4. The van der Waals surface area contributed by atoms with Crippen LogP contribution >= 0.6 is 11.5 Å². The van der Waals surface area contributed by atoms with Crippen molar-refractivity contribution in [2.24, 2.45) is 0 Å². The van der Waals surface area contributed by atoms with Crippen molar-refractivity contribution < 1.29 is 4.79 Å². The molecule has 0 spiro atoms. The smallest absolute Gasteiger partial charge is 0.219 e. The number of nitrogens with two attached hydrogens (primary N) is 1. The number of carbonyl (C=O) groups is 1. The molecule has 110 valence electrons. The molecule has 1 amide bonds. The number of pyridine rings is 1. The van der Waals surface area contributed by atoms with E-state index in [9.17, 15) is 4.79 Å². The van der Waals surface area contributed by atoms with Gasteiger partial charge in [0.15, 0.2) is 0 Å². The van der Waals surface area contributed by atoms with E-state index in [1.807, 2.05) is 17.0 Å². The van der Waals surface area contributed by atoms with Crippen molar-refractivity contribution in [3.8, 4) is 11.1 Å². The lowest BCUT2D eigenvalue weighted by molar-refractivity contribution is -0.129. The second-order valence-electron chi connectivity index (χ2n) is 4.98. The average Bonchev–Trinajstić information content (AvgIpc) is 2.90. The van der Waals surface area contributed by atoms with Gasteiger partial charge in [-0.25, -0.2) is 0 Å². The van der Waals surface area contributed by atoms with Crippen molar-refractivity contribution in [2.75, 3.05) is 36.8 Å². The number of aromatic nitrogens is 2. The number of carbonyl (C=O) groups excluding carboxylic acids is 1. The fraction of sp³-hybridized carbons (Fsp3) is 0.357. The van der Waals surface area contributed by atoms with Crippen LogP contribution in [-0.4, -0.2) is 46.3 Å². The van der Waals surface area contributed by atoms with E-state index in [1.165, 1.54) is 11.5 Å². The van der Waals surface area contributed by atoms with Crippen LogP contribution in [0.2, 0.25) is 0 Å². The summed E-state index contributed by atoms with van der Waals surface area (Å²) in [6.07, 6.45) is 3.54. The van der Waals surface area contributed by atoms with Crippen LogP contribution in [0.4, 0.5) is 10.8 Å². The molecule has 3 rings (SSSR count). The van der Waals surface area contributed by atoms with E-state index >= 15 is 0 Å². The number of anilines is 2. The Hall–Kier alpha value is -2.15. The van der Waals surface area contributed by atoms with E-state index in [0.717, 1.165) is 42.3 Å². The lowest BCUT2D eigenvalue weighted by Crippen LogP contribution is -2.48. The zero-order valence-electron chi connectivity index (χ0n) is 11.8. The molecule has 2 aromatic heterocycles. The van der Waals surface area contributed by atoms with Crippen LogP contribution in [0, 0.1) is 0 Å². The van der Waals surface area contributed by atoms with E-state index in [4.69, 9.17) is 5.73 Å². The molecule has 7 heteroatoms. The second kappa shape index (κ2) is 5.69. The first-order valence-electron chi connectivity index (χ1n) is 6.83. The molecule has 2 N–H and O–H groups in total. The predicted octanol–water partition coefficient (Wildman–Crippen LogP) is 1.46. The van der Waals surface area contributed by atoms with Crippen molar-refractivity contribution in [1.29, 1.82) is 0 Å². The molecule has 0 bridgehead atoms. The molecule has 0 unspecified atom stereocenters. The van der Waals surface area contributed by atoms with Gasteiger partial charge in [0.2, 0.25) is 5.91 Å². The van der Waals surface area contributed by atoms with Crippen molar-refractivity contribution in [3.63, 3.8) is 0 Å². The van der Waals surface area contributed by atoms with Crippen LogP contribution in [0.15, 0.2) is 24.5 Å². The fourth-order valence-electron chi connectivity index (χ4n) is 2.52. The van der Waals surface area contributed by atoms with Gasteiger partial charge in [-0.05, 0) is 17.6 Å². The Balaban J connectivity index is 1.86. The van der Waals surface area contributed by atoms with Crippen LogP contribution in [0.5, 0.6) is 0 Å². The zero-order valence-corrected chi connectivity index (χ0v) is 12.6. The number of piperazine rings is 1. The third-order valence-corrected chi connectivity index (χ3v) is 4.59. The van der Waals surface area contributed by atoms with E-state index in [1.54, 1.807) is 19.3 Å². The Morgan fingerprint density at radius 2 is 2.10 bits per heavy atom. The van der Waals surface area contributed by atoms with Gasteiger partial charge in [-0.1, -0.05) is 6.07 Å². The fourth-order valence-corrected chi connectivity index (χ4v) is 3.40. The van der Waals surface area contributed by atoms with Gasteiger partial charge in [-0.3, -0.25) is 9.78 Å². The highest BCUT2D eigenvalue weighted by molar-refractivity contribution is 7.11. The van der Waals surface area contributed by atoms with E-state index < -0.39 is 0 Å². The van der Waals surface area contributed by atoms with Gasteiger partial charge in [0.1, 0.15) is 10.8 Å². The van der Waals surface area contributed by atoms with E-state index in [2.05, 4.69) is 14.3 Å². The standard InChI is InChI=1S/C14H17N5OS/c1-10(20)18-5-7-19(8-6-18)14-12(13(15)17-21-14)11-3-2-4-16-9-11/h2-4,9H,5-8H2,1H3,(H2,15,17). The molecular formula is C14H17N5OS. The number of rotatable bonds is 2. The highest BCUT2D eigenvalue weighted by Crippen LogP contribution is 2.39. The zero-order chi connectivity index (χ0) is 14.8. The first-order chi connectivity index (χ1) is 10.2. The topological polar surface area (TPSA) is 75.4 Å². The molecule has 2 aromatic rings. The third-order valence-electron chi connectivity index (χ3n) is 3.66. The predicted molar refractivity (Wildman–Crippen MR) is 84.2 cm³/mol. The molecule has 0 saturated carbocycles. The van der Waals surface area contributed by atoms with E-state index in [-0.39, 0.29) is 5.91 Å². The Labute approximate surface area is 127 Å². The SMILES string of the molecule is CC(=O)N1CCN(c2snc(N)c2-c2cccnc2)CC1. The molecule has 0 aromatic carbocycles. The van der Waals surface area contributed by atoms with Gasteiger partial charge in [-0.2, -0.15) is 4.37 Å². The summed E-state index contributed by atoms with van der Waals surface area (Å²) in [5, 5.41) is 1.06. The minimum Gasteiger partial charge on any atom is -0.382 e. The quantitative estimate of drug-likeness (QED) is 0.909. The van der Waals surface area contributed by atoms with E-state index in [0.29, 0.717) is 5.82 Å². The molecule has 0 radical (unpaired) electrons. The van der Waals surface area contributed by atoms with Crippen LogP contribution in [0.3, 0.4) is 0 Å². The molecule has 21 heavy (non-hydrogen) atoms. The Morgan fingerprint density at radius 3 is 2.71 bits per heavy atom. The number of amides is 1. The van der Waals surface area contributed by atoms with Crippen molar-refractivity contribution in [3.05, 3.63) is 24.5 Å². The summed E-state index contributed by atoms with van der Waals surface area (Å²) in [6.45, 7) is 4.68. The maximum atomic E-state index is 11.4. The van der Waals surface area contributed by atoms with Crippen molar-refractivity contribution in [1.82, 2.24) is 14.3 Å². The molecule has 1 aliphatic rings. The van der Waals surface area contributed by atoms with Gasteiger partial charge >= 0.3 is 0 Å². The first kappa shape index (κ1) is 13.8. The molecule has 0 atom stereocenters. The monoisotopic (exact) mass is 303 g/mol. The van der Waals surface area contributed by atoms with Crippen LogP contribution in [0.25, 0.3) is 11.1 Å². The molecule has 0 aliphatic carbocycles. The number of hydrogen-bond acceptors (Lipinski definition) is 6. The third kappa shape index (κ3) is 2.69. The summed E-state index contributed by atoms with van der Waals surface area (Å²) >= 11 is 1.41. The number of nitrogen functional groups attached to an aromatic ring is 1. The molecule has 6 nitrogen and oxygen atoms in total. The summed E-state index contributed by atoms with van der Waals surface area (Å²) in [4.78, 5) is 19.7. The summed E-state index contributed by atoms with van der Waals surface area (Å²) in [7, 11) is 0. The molecular weight excluding hydrogens is 286 g/mol. The van der Waals surface area contributed by atoms with Crippen molar-refractivity contribution in [2.45, 2.75) is 6.92 Å². The highest BCUT2D eigenvalue weighted by atomic mass is 32.1. The van der Waals surface area contributed by atoms with Crippen LogP contribution in [0.1, 0.15) is 6.92 Å². The molecule has 1 saturated heterocycles. The van der Waals surface area contributed by atoms with Gasteiger partial charge in [-0.15, -0.1) is 0 Å². The molecule has 3 heterocycles. The first-order valence-corrected chi connectivity index (χ1v) is 7.60. The summed E-state index contributed by atoms with van der Waals surface area (Å²) < 4.78 is 4.29. The van der Waals surface area contributed by atoms with Crippen LogP contribution < -0.4 is 10.6 Å². The van der Waals surface area contributed by atoms with Crippen molar-refractivity contribution >= 4 is 28.3 Å².